The van der Waals surface area contributed by atoms with Crippen molar-refractivity contribution in [1.29, 1.82) is 0 Å². The number of aryl methyl sites for hydroxylation is 1. The summed E-state index contributed by atoms with van der Waals surface area (Å²) in [6, 6.07) is 9.00. The number of methoxy groups -OCH3 is 3. The monoisotopic (exact) mass is 782 g/mol. The zero-order chi connectivity index (χ0) is 40.0. The Kier molecular flexibility index (Phi) is 17.2. The third-order valence-electron chi connectivity index (χ3n) is 9.15. The molecule has 0 radical (unpaired) electrons. The van der Waals surface area contributed by atoms with Crippen molar-refractivity contribution in [1.82, 2.24) is 0 Å². The smallest absolute Gasteiger partial charge is 0.298 e. The van der Waals surface area contributed by atoms with Crippen LogP contribution in [-0.4, -0.2) is 127 Å². The van der Waals surface area contributed by atoms with Gasteiger partial charge in [0.05, 0.1) is 53.4 Å². The lowest BCUT2D eigenvalue weighted by Crippen LogP contribution is -2.47. The minimum atomic E-state index is -1.86. The lowest BCUT2D eigenvalue weighted by Gasteiger charge is -2.37. The number of ether oxygens (including phenoxy) is 13. The molecule has 3 heterocycles. The van der Waals surface area contributed by atoms with Gasteiger partial charge in [0.25, 0.3) is 12.9 Å². The van der Waals surface area contributed by atoms with Gasteiger partial charge in [-0.25, -0.2) is 0 Å². The van der Waals surface area contributed by atoms with E-state index in [4.69, 9.17) is 61.6 Å². The summed E-state index contributed by atoms with van der Waals surface area (Å²) in [5.74, 6) is 1.99. The average molecular weight is 783 g/mol. The molecular formula is C38H54O17. The summed E-state index contributed by atoms with van der Waals surface area (Å²) >= 11 is 0. The van der Waals surface area contributed by atoms with Gasteiger partial charge in [-0.2, -0.15) is 0 Å². The fourth-order valence-electron chi connectivity index (χ4n) is 6.47. The quantitative estimate of drug-likeness (QED) is 0.198. The summed E-state index contributed by atoms with van der Waals surface area (Å²) < 4.78 is 69.1. The molecule has 0 aromatic heterocycles. The largest absolute Gasteiger partial charge is 0.493 e. The molecule has 4 aliphatic rings. The van der Waals surface area contributed by atoms with Crippen molar-refractivity contribution in [2.75, 3.05) is 61.2 Å². The Labute approximate surface area is 320 Å². The number of rotatable bonds is 15. The van der Waals surface area contributed by atoms with Crippen LogP contribution in [0.3, 0.4) is 0 Å². The maximum atomic E-state index is 10.8. The van der Waals surface area contributed by atoms with Crippen LogP contribution in [0.15, 0.2) is 30.3 Å². The van der Waals surface area contributed by atoms with E-state index in [1.807, 2.05) is 32.9 Å². The average Bonchev–Trinajstić information content (AvgIpc) is 3.77. The molecule has 2 saturated heterocycles. The molecule has 17 heteroatoms. The van der Waals surface area contributed by atoms with E-state index in [1.165, 1.54) is 14.2 Å². The van der Waals surface area contributed by atoms with Gasteiger partial charge < -0.3 is 71.8 Å². The summed E-state index contributed by atoms with van der Waals surface area (Å²) in [6.07, 6.45) is -2.63. The van der Waals surface area contributed by atoms with E-state index >= 15 is 0 Å². The van der Waals surface area contributed by atoms with Gasteiger partial charge in [-0.15, -0.1) is 0 Å². The van der Waals surface area contributed by atoms with Crippen LogP contribution in [0, 0.1) is 5.92 Å². The van der Waals surface area contributed by atoms with Crippen molar-refractivity contribution in [2.24, 2.45) is 5.92 Å². The molecule has 17 nitrogen and oxygen atoms in total. The minimum Gasteiger partial charge on any atom is -0.493 e. The van der Waals surface area contributed by atoms with Gasteiger partial charge in [0.2, 0.25) is 25.1 Å². The molecule has 308 valence electrons. The second-order valence-electron chi connectivity index (χ2n) is 13.4. The predicted molar refractivity (Wildman–Crippen MR) is 191 cm³/mol. The second-order valence-corrected chi connectivity index (χ2v) is 13.4. The van der Waals surface area contributed by atoms with Gasteiger partial charge in [0.15, 0.2) is 35.1 Å². The van der Waals surface area contributed by atoms with Crippen LogP contribution in [0.5, 0.6) is 28.7 Å². The summed E-state index contributed by atoms with van der Waals surface area (Å²) in [6.45, 7) is 10.2. The first kappa shape index (κ1) is 43.9. The molecule has 55 heavy (non-hydrogen) atoms. The summed E-state index contributed by atoms with van der Waals surface area (Å²) in [7, 11) is 4.65. The first-order valence-electron chi connectivity index (χ1n) is 17.9. The van der Waals surface area contributed by atoms with Crippen molar-refractivity contribution < 1.29 is 81.4 Å². The zero-order valence-electron chi connectivity index (χ0n) is 32.3. The number of hydrogen-bond acceptors (Lipinski definition) is 17. The molecule has 0 spiro atoms. The standard InChI is InChI=1S/C22H30O10.C9H10O4.C7H14O3/c1-12-20(9-27-13(2)31-12)32-22(21(24)25)28-8-17-15(7-26-10-23)4-3-14-5-18-19(6-16(14)17)30-11-29-18;1-11-7-4-3-5-8(12-2)9(7)13-6-10;1-7(2)9-5-6(10-7)4-8-3/h5-6,10,12-13,15,17,20-22,24-25H,3-4,7-9,11H2,1-2H3;3-6H,1-2H3;6H,4-5H2,1-3H3. The number of hydrogen-bond donors (Lipinski definition) is 2. The molecule has 7 atom stereocenters. The lowest BCUT2D eigenvalue weighted by molar-refractivity contribution is -0.318. The van der Waals surface area contributed by atoms with E-state index < -0.39 is 24.5 Å². The molecule has 3 aliphatic heterocycles. The summed E-state index contributed by atoms with van der Waals surface area (Å²) in [5.41, 5.74) is 2.10. The van der Waals surface area contributed by atoms with Crippen LogP contribution < -0.4 is 23.7 Å². The zero-order valence-corrected chi connectivity index (χ0v) is 32.3. The fourth-order valence-corrected chi connectivity index (χ4v) is 6.47. The van der Waals surface area contributed by atoms with Crippen molar-refractivity contribution in [3.63, 3.8) is 0 Å². The van der Waals surface area contributed by atoms with E-state index in [0.717, 1.165) is 24.0 Å². The summed E-state index contributed by atoms with van der Waals surface area (Å²) in [5, 5.41) is 19.7. The number of aliphatic hydroxyl groups excluding tert-OH is 1. The van der Waals surface area contributed by atoms with Crippen LogP contribution in [0.1, 0.15) is 51.2 Å². The molecule has 0 amide bonds. The number of carbonyl (C=O) groups excluding carboxylic acids is 2. The number of benzene rings is 2. The Morgan fingerprint density at radius 2 is 1.65 bits per heavy atom. The number of carbonyl (C=O) groups is 2. The van der Waals surface area contributed by atoms with Gasteiger partial charge >= 0.3 is 0 Å². The highest BCUT2D eigenvalue weighted by molar-refractivity contribution is 5.57. The van der Waals surface area contributed by atoms with Gasteiger partial charge in [0.1, 0.15) is 12.2 Å². The van der Waals surface area contributed by atoms with E-state index in [0.29, 0.717) is 54.9 Å². The lowest BCUT2D eigenvalue weighted by atomic mass is 9.75. The van der Waals surface area contributed by atoms with Gasteiger partial charge in [-0.3, -0.25) is 9.59 Å². The van der Waals surface area contributed by atoms with Crippen LogP contribution in [0.25, 0.3) is 0 Å². The first-order valence-corrected chi connectivity index (χ1v) is 17.9. The molecule has 1 aliphatic carbocycles. The molecule has 7 unspecified atom stereocenters. The highest BCUT2D eigenvalue weighted by Gasteiger charge is 2.36. The maximum Gasteiger partial charge on any atom is 0.298 e. The van der Waals surface area contributed by atoms with Crippen molar-refractivity contribution in [2.45, 2.75) is 89.4 Å². The molecule has 0 bridgehead atoms. The Bertz CT molecular complexity index is 1460. The third kappa shape index (κ3) is 12.6. The molecule has 2 fully saturated rings. The van der Waals surface area contributed by atoms with Crippen molar-refractivity contribution >= 4 is 12.9 Å². The Balaban J connectivity index is 0.000000238. The molecule has 6 rings (SSSR count). The Hall–Kier alpha value is -3.78. The Morgan fingerprint density at radius 1 is 0.945 bits per heavy atom. The SMILES string of the molecule is CC1OCC(OC(OCC2c3cc4c(cc3CCC2COC=O)OCO4)C(O)O)C(C)O1.COCC1COC(C)(C)O1.COc1cccc(OC)c1OC=O. The third-order valence-corrected chi connectivity index (χ3v) is 9.15. The topological polar surface area (TPSA) is 195 Å². The molecule has 0 saturated carbocycles. The van der Waals surface area contributed by atoms with E-state index in [9.17, 15) is 19.8 Å². The normalized spacial score (nSPS) is 25.3. The highest BCUT2D eigenvalue weighted by atomic mass is 16.8. The molecule has 2 N–H and O–H groups in total. The number of aliphatic hydroxyl groups is 2. The van der Waals surface area contributed by atoms with E-state index in [2.05, 4.69) is 0 Å². The van der Waals surface area contributed by atoms with Crippen LogP contribution in [0.2, 0.25) is 0 Å². The number of fused-ring (bicyclic) bond motifs is 2. The van der Waals surface area contributed by atoms with Gasteiger partial charge in [-0.05, 0) is 75.9 Å². The van der Waals surface area contributed by atoms with Gasteiger partial charge in [0, 0.05) is 18.9 Å². The maximum absolute atomic E-state index is 10.8. The minimum absolute atomic E-state index is 0.00863. The fraction of sp³-hybridized carbons (Fsp3) is 0.632. The van der Waals surface area contributed by atoms with Gasteiger partial charge in [-0.1, -0.05) is 6.07 Å². The van der Waals surface area contributed by atoms with Crippen LogP contribution >= 0.6 is 0 Å². The number of para-hydroxylation sites is 1. The van der Waals surface area contributed by atoms with Crippen LogP contribution in [-0.2, 0) is 53.9 Å². The van der Waals surface area contributed by atoms with Crippen LogP contribution in [0.4, 0.5) is 0 Å². The predicted octanol–water partition coefficient (Wildman–Crippen LogP) is 3.08. The second kappa shape index (κ2) is 21.5. The van der Waals surface area contributed by atoms with E-state index in [1.54, 1.807) is 32.2 Å². The van der Waals surface area contributed by atoms with Crippen molar-refractivity contribution in [3.05, 3.63) is 41.5 Å². The molecular weight excluding hydrogens is 728 g/mol. The first-order chi connectivity index (χ1) is 26.4. The Morgan fingerprint density at radius 3 is 2.24 bits per heavy atom. The highest BCUT2D eigenvalue weighted by Crippen LogP contribution is 2.44. The molecule has 2 aromatic rings. The van der Waals surface area contributed by atoms with E-state index in [-0.39, 0.29) is 56.9 Å². The molecule has 2 aromatic carbocycles. The van der Waals surface area contributed by atoms with Crippen molar-refractivity contribution in [3.8, 4) is 28.7 Å². The summed E-state index contributed by atoms with van der Waals surface area (Å²) in [4.78, 5) is 21.0.